The van der Waals surface area contributed by atoms with Crippen molar-refractivity contribution in [2.45, 2.75) is 33.1 Å². The van der Waals surface area contributed by atoms with E-state index >= 15 is 0 Å². The number of nitrogens with zero attached hydrogens (tertiary/aromatic N) is 1. The Morgan fingerprint density at radius 1 is 1.08 bits per heavy atom. The fraction of sp³-hybridized carbons (Fsp3) is 0.450. The molecule has 2 bridgehead atoms. The highest BCUT2D eigenvalue weighted by Crippen LogP contribution is 2.59. The molecule has 0 aromatic heterocycles. The quantitative estimate of drug-likeness (QED) is 0.655. The molecule has 2 aliphatic carbocycles. The molecule has 26 heavy (non-hydrogen) atoms. The lowest BCUT2D eigenvalue weighted by Gasteiger charge is -2.19. The van der Waals surface area contributed by atoms with Gasteiger partial charge in [0.25, 0.3) is 11.8 Å². The predicted molar refractivity (Wildman–Crippen MR) is 96.7 cm³/mol. The van der Waals surface area contributed by atoms with Crippen molar-refractivity contribution in [2.75, 3.05) is 0 Å². The van der Waals surface area contributed by atoms with Gasteiger partial charge >= 0.3 is 0 Å². The molecule has 3 fully saturated rings. The summed E-state index contributed by atoms with van der Waals surface area (Å²) >= 11 is 5.84. The van der Waals surface area contributed by atoms with Crippen LogP contribution in [0.15, 0.2) is 35.4 Å². The van der Waals surface area contributed by atoms with Gasteiger partial charge in [-0.05, 0) is 56.2 Å². The van der Waals surface area contributed by atoms with Crippen LogP contribution >= 0.6 is 11.6 Å². The van der Waals surface area contributed by atoms with Crippen molar-refractivity contribution in [3.8, 4) is 0 Å². The SMILES string of the molecule is CC(C)=C1[C@H]2CC[C@@H]1[C@@H]1C(=O)N(NC(=O)Cc3ccc(Cl)cc3)C(=O)[C@H]12. The van der Waals surface area contributed by atoms with Gasteiger partial charge in [0.2, 0.25) is 5.91 Å². The number of carbonyl (C=O) groups is 3. The van der Waals surface area contributed by atoms with E-state index in [2.05, 4.69) is 19.3 Å². The Morgan fingerprint density at radius 3 is 2.12 bits per heavy atom. The third-order valence-electron chi connectivity index (χ3n) is 5.94. The van der Waals surface area contributed by atoms with Crippen LogP contribution in [0, 0.1) is 23.7 Å². The van der Waals surface area contributed by atoms with E-state index in [0.29, 0.717) is 5.02 Å². The second kappa shape index (κ2) is 6.23. The minimum absolute atomic E-state index is 0.0929. The second-order valence-electron chi connectivity index (χ2n) is 7.65. The number of halogens is 1. The zero-order valence-corrected chi connectivity index (χ0v) is 15.5. The van der Waals surface area contributed by atoms with Crippen molar-refractivity contribution in [3.63, 3.8) is 0 Å². The molecule has 0 unspecified atom stereocenters. The highest BCUT2D eigenvalue weighted by atomic mass is 35.5. The summed E-state index contributed by atoms with van der Waals surface area (Å²) < 4.78 is 0. The Bertz CT molecular complexity index is 794. The minimum atomic E-state index is -0.371. The van der Waals surface area contributed by atoms with Crippen LogP contribution in [-0.4, -0.2) is 22.7 Å². The predicted octanol–water partition coefficient (Wildman–Crippen LogP) is 2.89. The monoisotopic (exact) mass is 372 g/mol. The Kier molecular flexibility index (Phi) is 4.14. The number of hydrazine groups is 1. The molecule has 1 aromatic rings. The van der Waals surface area contributed by atoms with Gasteiger partial charge in [0.05, 0.1) is 18.3 Å². The normalized spacial score (nSPS) is 29.3. The lowest BCUT2D eigenvalue weighted by molar-refractivity contribution is -0.149. The van der Waals surface area contributed by atoms with Crippen molar-refractivity contribution in [1.29, 1.82) is 0 Å². The van der Waals surface area contributed by atoms with Gasteiger partial charge in [0, 0.05) is 5.02 Å². The number of amides is 3. The van der Waals surface area contributed by atoms with Crippen LogP contribution in [-0.2, 0) is 20.8 Å². The summed E-state index contributed by atoms with van der Waals surface area (Å²) in [7, 11) is 0. The van der Waals surface area contributed by atoms with Crippen LogP contribution in [0.25, 0.3) is 0 Å². The van der Waals surface area contributed by atoms with E-state index in [9.17, 15) is 14.4 Å². The number of fused-ring (bicyclic) bond motifs is 5. The Labute approximate surface area is 157 Å². The summed E-state index contributed by atoms with van der Waals surface area (Å²) in [4.78, 5) is 38.0. The van der Waals surface area contributed by atoms with Gasteiger partial charge < -0.3 is 0 Å². The average molecular weight is 373 g/mol. The first-order valence-corrected chi connectivity index (χ1v) is 9.35. The van der Waals surface area contributed by atoms with Crippen LogP contribution in [0.2, 0.25) is 5.02 Å². The first-order valence-electron chi connectivity index (χ1n) is 8.97. The molecule has 6 heteroatoms. The fourth-order valence-corrected chi connectivity index (χ4v) is 5.18. The van der Waals surface area contributed by atoms with Crippen molar-refractivity contribution in [3.05, 3.63) is 46.0 Å². The number of benzene rings is 1. The zero-order valence-electron chi connectivity index (χ0n) is 14.8. The van der Waals surface area contributed by atoms with Gasteiger partial charge in [-0.25, -0.2) is 0 Å². The molecule has 4 atom stereocenters. The number of carbonyl (C=O) groups excluding carboxylic acids is 3. The topological polar surface area (TPSA) is 66.5 Å². The highest BCUT2D eigenvalue weighted by molar-refractivity contribution is 6.30. The van der Waals surface area contributed by atoms with Crippen LogP contribution < -0.4 is 5.43 Å². The molecule has 1 heterocycles. The smallest absolute Gasteiger partial charge is 0.252 e. The van der Waals surface area contributed by atoms with Gasteiger partial charge in [-0.1, -0.05) is 34.9 Å². The van der Waals surface area contributed by atoms with E-state index in [1.807, 2.05) is 0 Å². The summed E-state index contributed by atoms with van der Waals surface area (Å²) in [5.74, 6) is -1.17. The first kappa shape index (κ1) is 17.3. The molecule has 1 saturated heterocycles. The molecule has 136 valence electrons. The Hall–Kier alpha value is -2.14. The van der Waals surface area contributed by atoms with Crippen LogP contribution in [0.3, 0.4) is 0 Å². The number of hydrogen-bond acceptors (Lipinski definition) is 3. The summed E-state index contributed by atoms with van der Waals surface area (Å²) in [5.41, 5.74) is 5.83. The van der Waals surface area contributed by atoms with Gasteiger partial charge in [-0.3, -0.25) is 19.8 Å². The molecule has 1 aromatic carbocycles. The molecule has 3 amide bonds. The molecule has 1 aliphatic heterocycles. The molecule has 5 nitrogen and oxygen atoms in total. The minimum Gasteiger partial charge on any atom is -0.273 e. The fourth-order valence-electron chi connectivity index (χ4n) is 5.05. The molecule has 4 rings (SSSR count). The van der Waals surface area contributed by atoms with E-state index < -0.39 is 0 Å². The van der Waals surface area contributed by atoms with E-state index in [4.69, 9.17) is 11.6 Å². The van der Waals surface area contributed by atoms with E-state index in [-0.39, 0.29) is 47.8 Å². The molecule has 3 aliphatic rings. The molecule has 1 N–H and O–H groups in total. The van der Waals surface area contributed by atoms with Crippen LogP contribution in [0.1, 0.15) is 32.3 Å². The van der Waals surface area contributed by atoms with Gasteiger partial charge in [0.1, 0.15) is 0 Å². The average Bonchev–Trinajstić information content (AvgIpc) is 3.23. The van der Waals surface area contributed by atoms with Crippen molar-refractivity contribution >= 4 is 29.3 Å². The third kappa shape index (κ3) is 2.57. The summed E-state index contributed by atoms with van der Waals surface area (Å²) in [6.45, 7) is 4.12. The van der Waals surface area contributed by atoms with Gasteiger partial charge in [-0.15, -0.1) is 0 Å². The largest absolute Gasteiger partial charge is 0.273 e. The Morgan fingerprint density at radius 2 is 1.62 bits per heavy atom. The number of allylic oxidation sites excluding steroid dienone is 2. The van der Waals surface area contributed by atoms with Crippen molar-refractivity contribution in [2.24, 2.45) is 23.7 Å². The molecular weight excluding hydrogens is 352 g/mol. The van der Waals surface area contributed by atoms with E-state index in [1.165, 1.54) is 11.1 Å². The number of imide groups is 1. The van der Waals surface area contributed by atoms with Crippen LogP contribution in [0.5, 0.6) is 0 Å². The zero-order chi connectivity index (χ0) is 18.6. The maximum atomic E-state index is 12.8. The molecule has 0 radical (unpaired) electrons. The standard InChI is InChI=1S/C20H21ClN2O3/c1-10(2)16-13-7-8-14(16)18-17(13)19(25)23(20(18)26)22-15(24)9-11-3-5-12(21)6-4-11/h3-6,13-14,17-18H,7-9H2,1-2H3,(H,22,24)/t13-,14+,17-,18-/m0/s1. The van der Waals surface area contributed by atoms with Gasteiger partial charge in [-0.2, -0.15) is 5.01 Å². The molecular formula is C20H21ClN2O3. The summed E-state index contributed by atoms with van der Waals surface area (Å²) in [6, 6.07) is 6.93. The highest BCUT2D eigenvalue weighted by Gasteiger charge is 2.63. The van der Waals surface area contributed by atoms with E-state index in [1.54, 1.807) is 24.3 Å². The van der Waals surface area contributed by atoms with Gasteiger partial charge in [0.15, 0.2) is 0 Å². The number of nitrogens with one attached hydrogen (secondary N) is 1. The summed E-state index contributed by atoms with van der Waals surface area (Å²) in [5, 5.41) is 1.57. The maximum absolute atomic E-state index is 12.8. The Balaban J connectivity index is 1.49. The van der Waals surface area contributed by atoms with E-state index in [0.717, 1.165) is 23.4 Å². The summed E-state index contributed by atoms with van der Waals surface area (Å²) in [6.07, 6.45) is 2.01. The van der Waals surface area contributed by atoms with Crippen LogP contribution in [0.4, 0.5) is 0 Å². The third-order valence-corrected chi connectivity index (χ3v) is 6.20. The van der Waals surface area contributed by atoms with Crippen molar-refractivity contribution in [1.82, 2.24) is 10.4 Å². The second-order valence-corrected chi connectivity index (χ2v) is 8.08. The lowest BCUT2D eigenvalue weighted by Crippen LogP contribution is -2.48. The lowest BCUT2D eigenvalue weighted by atomic mass is 9.81. The molecule has 0 spiro atoms. The molecule has 2 saturated carbocycles. The first-order chi connectivity index (χ1) is 12.4. The number of hydrogen-bond donors (Lipinski definition) is 1. The van der Waals surface area contributed by atoms with Crippen molar-refractivity contribution < 1.29 is 14.4 Å². The number of rotatable bonds is 3. The maximum Gasteiger partial charge on any atom is 0.252 e.